The van der Waals surface area contributed by atoms with Crippen molar-refractivity contribution in [3.05, 3.63) is 30.3 Å². The molecule has 4 atom stereocenters. The number of aliphatic hydroxyl groups excluding tert-OH is 2. The fourth-order valence-corrected chi connectivity index (χ4v) is 2.64. The number of hydroxylamine groups is 1. The predicted molar refractivity (Wildman–Crippen MR) is 68.7 cm³/mol. The summed E-state index contributed by atoms with van der Waals surface area (Å²) >= 11 is 0. The Morgan fingerprint density at radius 1 is 1.30 bits per heavy atom. The Bertz CT molecular complexity index is 497. The number of benzene rings is 1. The van der Waals surface area contributed by atoms with Gasteiger partial charge in [-0.3, -0.25) is 4.90 Å². The summed E-state index contributed by atoms with van der Waals surface area (Å²) < 4.78 is 4.66. The molecule has 3 saturated heterocycles. The molecule has 0 aromatic heterocycles. The number of fused-ring (bicyclic) bond motifs is 3. The number of carbonyl (C=O) groups excluding carboxylic acids is 1. The van der Waals surface area contributed by atoms with Crippen LogP contribution in [-0.4, -0.2) is 59.3 Å². The number of hydrogen-bond donors (Lipinski definition) is 2. The van der Waals surface area contributed by atoms with E-state index in [9.17, 15) is 15.0 Å². The minimum absolute atomic E-state index is 0.227. The molecule has 0 aliphatic carbocycles. The van der Waals surface area contributed by atoms with Crippen molar-refractivity contribution in [2.45, 2.75) is 24.5 Å². The molecule has 7 heteroatoms. The minimum atomic E-state index is -1.16. The summed E-state index contributed by atoms with van der Waals surface area (Å²) in [5, 5.41) is 21.7. The van der Waals surface area contributed by atoms with Crippen molar-refractivity contribution in [2.24, 2.45) is 0 Å². The van der Waals surface area contributed by atoms with E-state index in [4.69, 9.17) is 4.84 Å². The highest BCUT2D eigenvalue weighted by molar-refractivity contribution is 5.68. The van der Waals surface area contributed by atoms with Crippen LogP contribution in [0.15, 0.2) is 30.3 Å². The van der Waals surface area contributed by atoms with Gasteiger partial charge in [-0.05, 0) is 12.1 Å². The average Bonchev–Trinajstić information content (AvgIpc) is 2.51. The molecule has 1 amide bonds. The molecule has 3 aliphatic heterocycles. The number of carbonyl (C=O) groups is 1. The molecule has 108 valence electrons. The zero-order valence-corrected chi connectivity index (χ0v) is 10.9. The number of amides is 1. The number of aliphatic hydroxyl groups is 2. The smallest absolute Gasteiger partial charge is 0.411 e. The predicted octanol–water partition coefficient (Wildman–Crippen LogP) is -0.0633. The van der Waals surface area contributed by atoms with Gasteiger partial charge in [0.05, 0.1) is 19.3 Å². The lowest BCUT2D eigenvalue weighted by atomic mass is 9.95. The summed E-state index contributed by atoms with van der Waals surface area (Å²) in [5.74, 6) is 0. The molecule has 3 heterocycles. The van der Waals surface area contributed by atoms with Crippen molar-refractivity contribution in [3.63, 3.8) is 0 Å². The molecule has 4 rings (SSSR count). The highest BCUT2D eigenvalue weighted by Gasteiger charge is 2.54. The first-order chi connectivity index (χ1) is 9.63. The number of anilines is 1. The van der Waals surface area contributed by atoms with Crippen LogP contribution in [0, 0.1) is 0 Å². The standard InChI is InChI=1S/C13H16N2O5/c1-19-13(18)14-7-9-10(16)11(17)12(14)20-15(9)8-5-3-2-4-6-8/h2-6,9-12,16-17H,7H2,1H3. The lowest BCUT2D eigenvalue weighted by molar-refractivity contribution is -0.238. The normalized spacial score (nSPS) is 32.4. The van der Waals surface area contributed by atoms with Gasteiger partial charge in [-0.25, -0.2) is 14.7 Å². The van der Waals surface area contributed by atoms with Crippen molar-refractivity contribution >= 4 is 11.8 Å². The SMILES string of the molecule is COC(=O)N1CC2C(O)C(O)C1ON2c1ccccc1. The maximum Gasteiger partial charge on any atom is 0.411 e. The lowest BCUT2D eigenvalue weighted by Gasteiger charge is -2.54. The van der Waals surface area contributed by atoms with E-state index in [0.717, 1.165) is 5.69 Å². The van der Waals surface area contributed by atoms with Crippen molar-refractivity contribution in [2.75, 3.05) is 18.7 Å². The summed E-state index contributed by atoms with van der Waals surface area (Å²) in [7, 11) is 1.27. The van der Waals surface area contributed by atoms with E-state index in [1.165, 1.54) is 12.0 Å². The molecular weight excluding hydrogens is 264 g/mol. The number of piperidine rings is 1. The van der Waals surface area contributed by atoms with Gasteiger partial charge in [-0.1, -0.05) is 18.2 Å². The van der Waals surface area contributed by atoms with Gasteiger partial charge in [-0.15, -0.1) is 0 Å². The van der Waals surface area contributed by atoms with Crippen molar-refractivity contribution < 1.29 is 24.6 Å². The Kier molecular flexibility index (Phi) is 3.25. The molecule has 3 aliphatic rings. The molecular formula is C13H16N2O5. The van der Waals surface area contributed by atoms with Crippen LogP contribution < -0.4 is 5.06 Å². The van der Waals surface area contributed by atoms with Gasteiger partial charge in [0.15, 0.2) is 6.23 Å². The first-order valence-electron chi connectivity index (χ1n) is 6.35. The van der Waals surface area contributed by atoms with E-state index in [1.54, 1.807) is 5.06 Å². The number of methoxy groups -OCH3 is 1. The third kappa shape index (κ3) is 1.91. The average molecular weight is 280 g/mol. The molecule has 20 heavy (non-hydrogen) atoms. The van der Waals surface area contributed by atoms with E-state index in [1.807, 2.05) is 30.3 Å². The topological polar surface area (TPSA) is 82.5 Å². The number of hydrogen-bond acceptors (Lipinski definition) is 6. The largest absolute Gasteiger partial charge is 0.453 e. The zero-order chi connectivity index (χ0) is 14.3. The van der Waals surface area contributed by atoms with Gasteiger partial charge in [0.2, 0.25) is 0 Å². The second kappa shape index (κ2) is 4.93. The van der Waals surface area contributed by atoms with E-state index < -0.39 is 30.6 Å². The van der Waals surface area contributed by atoms with Crippen LogP contribution in [-0.2, 0) is 9.57 Å². The fourth-order valence-electron chi connectivity index (χ4n) is 2.64. The molecule has 0 saturated carbocycles. The molecule has 2 N–H and O–H groups in total. The molecule has 3 fully saturated rings. The highest BCUT2D eigenvalue weighted by Crippen LogP contribution is 2.34. The van der Waals surface area contributed by atoms with Crippen LogP contribution in [0.1, 0.15) is 0 Å². The first-order valence-corrected chi connectivity index (χ1v) is 6.35. The zero-order valence-electron chi connectivity index (χ0n) is 10.9. The Hall–Kier alpha value is -1.83. The molecule has 1 aromatic carbocycles. The second-order valence-corrected chi connectivity index (χ2v) is 4.83. The van der Waals surface area contributed by atoms with Gasteiger partial charge in [-0.2, -0.15) is 0 Å². The second-order valence-electron chi connectivity index (χ2n) is 4.83. The van der Waals surface area contributed by atoms with Crippen LogP contribution in [0.5, 0.6) is 0 Å². The van der Waals surface area contributed by atoms with Crippen LogP contribution in [0.2, 0.25) is 0 Å². The van der Waals surface area contributed by atoms with Gasteiger partial charge in [0.1, 0.15) is 18.2 Å². The Morgan fingerprint density at radius 2 is 2.00 bits per heavy atom. The van der Waals surface area contributed by atoms with E-state index in [-0.39, 0.29) is 6.54 Å². The maximum absolute atomic E-state index is 11.7. The molecule has 0 spiro atoms. The Labute approximate surface area is 115 Å². The maximum atomic E-state index is 11.7. The molecule has 4 unspecified atom stereocenters. The van der Waals surface area contributed by atoms with Crippen LogP contribution in [0.3, 0.4) is 0 Å². The summed E-state index contributed by atoms with van der Waals surface area (Å²) in [6.45, 7) is 0.227. The summed E-state index contributed by atoms with van der Waals surface area (Å²) in [5.41, 5.74) is 0.762. The fraction of sp³-hybridized carbons (Fsp3) is 0.462. The number of ether oxygens (including phenoxy) is 1. The monoisotopic (exact) mass is 280 g/mol. The van der Waals surface area contributed by atoms with E-state index in [2.05, 4.69) is 4.74 Å². The molecule has 2 bridgehead atoms. The third-order valence-electron chi connectivity index (χ3n) is 3.67. The van der Waals surface area contributed by atoms with Crippen molar-refractivity contribution in [1.29, 1.82) is 0 Å². The minimum Gasteiger partial charge on any atom is -0.453 e. The summed E-state index contributed by atoms with van der Waals surface area (Å²) in [4.78, 5) is 18.6. The van der Waals surface area contributed by atoms with E-state index >= 15 is 0 Å². The quantitative estimate of drug-likeness (QED) is 0.750. The van der Waals surface area contributed by atoms with Gasteiger partial charge in [0.25, 0.3) is 0 Å². The Balaban J connectivity index is 1.89. The van der Waals surface area contributed by atoms with Gasteiger partial charge < -0.3 is 14.9 Å². The molecule has 0 radical (unpaired) electrons. The van der Waals surface area contributed by atoms with E-state index in [0.29, 0.717) is 0 Å². The molecule has 1 aromatic rings. The lowest BCUT2D eigenvalue weighted by Crippen LogP contribution is -2.74. The van der Waals surface area contributed by atoms with Crippen molar-refractivity contribution in [1.82, 2.24) is 4.90 Å². The number of rotatable bonds is 1. The van der Waals surface area contributed by atoms with Crippen molar-refractivity contribution in [3.8, 4) is 0 Å². The van der Waals surface area contributed by atoms with Crippen LogP contribution in [0.25, 0.3) is 0 Å². The van der Waals surface area contributed by atoms with Gasteiger partial charge in [0, 0.05) is 0 Å². The third-order valence-corrected chi connectivity index (χ3v) is 3.67. The summed E-state index contributed by atoms with van der Waals surface area (Å²) in [6, 6.07) is 8.70. The van der Waals surface area contributed by atoms with Crippen LogP contribution in [0.4, 0.5) is 10.5 Å². The number of nitrogens with zero attached hydrogens (tertiary/aromatic N) is 2. The van der Waals surface area contributed by atoms with Crippen LogP contribution >= 0.6 is 0 Å². The number of para-hydroxylation sites is 1. The van der Waals surface area contributed by atoms with Gasteiger partial charge >= 0.3 is 6.09 Å². The first kappa shape index (κ1) is 13.2. The summed E-state index contributed by atoms with van der Waals surface area (Å²) in [6.07, 6.45) is -3.69. The molecule has 7 nitrogen and oxygen atoms in total. The Morgan fingerprint density at radius 3 is 2.65 bits per heavy atom. The highest BCUT2D eigenvalue weighted by atomic mass is 16.7.